The number of Topliss-reactive ketones (excluding diaryl/α,β-unsaturated/α-hetero) is 1. The van der Waals surface area contributed by atoms with Gasteiger partial charge in [0.05, 0.1) is 11.3 Å². The van der Waals surface area contributed by atoms with E-state index >= 15 is 0 Å². The van der Waals surface area contributed by atoms with Gasteiger partial charge in [0.1, 0.15) is 12.4 Å². The van der Waals surface area contributed by atoms with Crippen molar-refractivity contribution in [3.8, 4) is 0 Å². The van der Waals surface area contributed by atoms with Crippen LogP contribution in [0.4, 0.5) is 10.1 Å². The van der Waals surface area contributed by atoms with Crippen LogP contribution < -0.4 is 10.2 Å². The molecule has 1 N–H and O–H groups in total. The van der Waals surface area contributed by atoms with Gasteiger partial charge in [-0.15, -0.1) is 0 Å². The van der Waals surface area contributed by atoms with Gasteiger partial charge in [-0.2, -0.15) is 0 Å². The van der Waals surface area contributed by atoms with Gasteiger partial charge in [0.15, 0.2) is 0 Å². The first-order chi connectivity index (χ1) is 9.60. The van der Waals surface area contributed by atoms with E-state index in [-0.39, 0.29) is 17.8 Å². The monoisotopic (exact) mass is 292 g/mol. The number of aryl methyl sites for hydroxylation is 1. The van der Waals surface area contributed by atoms with Crippen molar-refractivity contribution in [2.24, 2.45) is 0 Å². The molecular weight excluding hydrogens is 275 g/mol. The van der Waals surface area contributed by atoms with Crippen LogP contribution in [0.3, 0.4) is 0 Å². The summed E-state index contributed by atoms with van der Waals surface area (Å²) >= 11 is 0. The standard InChI is InChI=1S/C15H17FN2O3/c1-8-5-9-12(10(16)6-8)18(14(21)13(9)20)7-11(19)17-15(2,3)4/h5-6H,7H2,1-4H3,(H,17,19). The molecule has 2 rings (SSSR count). The highest BCUT2D eigenvalue weighted by Gasteiger charge is 2.39. The number of hydrogen-bond acceptors (Lipinski definition) is 3. The Kier molecular flexibility index (Phi) is 3.57. The summed E-state index contributed by atoms with van der Waals surface area (Å²) in [5.74, 6) is -2.78. The van der Waals surface area contributed by atoms with E-state index in [4.69, 9.17) is 0 Å². The number of benzene rings is 1. The molecule has 0 unspecified atom stereocenters. The molecule has 1 aromatic rings. The third kappa shape index (κ3) is 2.94. The molecule has 0 saturated carbocycles. The third-order valence-electron chi connectivity index (χ3n) is 2.98. The minimum atomic E-state index is -0.876. The number of carbonyl (C=O) groups excluding carboxylic acids is 3. The summed E-state index contributed by atoms with van der Waals surface area (Å²) in [6.07, 6.45) is 0. The number of nitrogens with zero attached hydrogens (tertiary/aromatic N) is 1. The van der Waals surface area contributed by atoms with Crippen LogP contribution in [0.1, 0.15) is 36.7 Å². The molecule has 0 fully saturated rings. The second kappa shape index (κ2) is 4.95. The molecule has 1 aliphatic heterocycles. The van der Waals surface area contributed by atoms with E-state index in [1.165, 1.54) is 12.1 Å². The van der Waals surface area contributed by atoms with Gasteiger partial charge in [0.25, 0.3) is 11.7 Å². The molecule has 1 aromatic carbocycles. The number of amides is 2. The smallest absolute Gasteiger partial charge is 0.300 e. The van der Waals surface area contributed by atoms with Crippen molar-refractivity contribution in [3.05, 3.63) is 29.1 Å². The molecule has 21 heavy (non-hydrogen) atoms. The number of anilines is 1. The fourth-order valence-electron chi connectivity index (χ4n) is 2.27. The molecule has 0 atom stereocenters. The Morgan fingerprint density at radius 2 is 1.90 bits per heavy atom. The van der Waals surface area contributed by atoms with Crippen molar-refractivity contribution >= 4 is 23.3 Å². The van der Waals surface area contributed by atoms with Gasteiger partial charge >= 0.3 is 0 Å². The summed E-state index contributed by atoms with van der Waals surface area (Å²) in [6, 6.07) is 2.69. The molecule has 0 aromatic heterocycles. The molecule has 112 valence electrons. The van der Waals surface area contributed by atoms with Gasteiger partial charge in [0, 0.05) is 5.54 Å². The van der Waals surface area contributed by atoms with Crippen LogP contribution in [0.25, 0.3) is 0 Å². The van der Waals surface area contributed by atoms with Crippen LogP contribution in [-0.4, -0.2) is 29.7 Å². The Bertz CT molecular complexity index is 647. The molecule has 1 aliphatic rings. The minimum absolute atomic E-state index is 0.0149. The number of ketones is 1. The van der Waals surface area contributed by atoms with E-state index < -0.39 is 29.0 Å². The second-order valence-corrected chi connectivity index (χ2v) is 6.16. The van der Waals surface area contributed by atoms with E-state index in [2.05, 4.69) is 5.32 Å². The topological polar surface area (TPSA) is 66.5 Å². The highest BCUT2D eigenvalue weighted by molar-refractivity contribution is 6.52. The normalized spacial score (nSPS) is 14.4. The zero-order valence-corrected chi connectivity index (χ0v) is 12.4. The molecule has 2 amide bonds. The van der Waals surface area contributed by atoms with Gasteiger partial charge in [-0.05, 0) is 45.4 Å². The molecule has 0 saturated heterocycles. The van der Waals surface area contributed by atoms with Gasteiger partial charge < -0.3 is 5.32 Å². The second-order valence-electron chi connectivity index (χ2n) is 6.16. The van der Waals surface area contributed by atoms with E-state index in [0.29, 0.717) is 5.56 Å². The number of fused-ring (bicyclic) bond motifs is 1. The van der Waals surface area contributed by atoms with Crippen molar-refractivity contribution in [1.29, 1.82) is 0 Å². The Morgan fingerprint density at radius 1 is 1.29 bits per heavy atom. The third-order valence-corrected chi connectivity index (χ3v) is 2.98. The SMILES string of the molecule is Cc1cc(F)c2c(c1)C(=O)C(=O)N2CC(=O)NC(C)(C)C. The highest BCUT2D eigenvalue weighted by Crippen LogP contribution is 2.32. The van der Waals surface area contributed by atoms with Gasteiger partial charge in [-0.1, -0.05) is 0 Å². The van der Waals surface area contributed by atoms with E-state index in [9.17, 15) is 18.8 Å². The molecular formula is C15H17FN2O3. The van der Waals surface area contributed by atoms with E-state index in [0.717, 1.165) is 4.90 Å². The highest BCUT2D eigenvalue weighted by atomic mass is 19.1. The molecule has 0 spiro atoms. The predicted molar refractivity (Wildman–Crippen MR) is 75.7 cm³/mol. The van der Waals surface area contributed by atoms with Crippen LogP contribution in [0.5, 0.6) is 0 Å². The number of rotatable bonds is 2. The summed E-state index contributed by atoms with van der Waals surface area (Å²) in [4.78, 5) is 36.7. The van der Waals surface area contributed by atoms with Crippen LogP contribution in [0.15, 0.2) is 12.1 Å². The predicted octanol–water partition coefficient (Wildman–Crippen LogP) is 1.58. The first-order valence-electron chi connectivity index (χ1n) is 6.57. The maximum absolute atomic E-state index is 14.1. The number of hydrogen-bond donors (Lipinski definition) is 1. The minimum Gasteiger partial charge on any atom is -0.350 e. The van der Waals surface area contributed by atoms with Crippen LogP contribution in [0.2, 0.25) is 0 Å². The molecule has 6 heteroatoms. The number of nitrogens with one attached hydrogen (secondary N) is 1. The number of halogens is 1. The molecule has 0 radical (unpaired) electrons. The van der Waals surface area contributed by atoms with E-state index in [1.54, 1.807) is 27.7 Å². The summed E-state index contributed by atoms with van der Waals surface area (Å²) in [5, 5.41) is 2.68. The average molecular weight is 292 g/mol. The van der Waals surface area contributed by atoms with Gasteiger partial charge in [-0.3, -0.25) is 19.3 Å². The fourth-order valence-corrected chi connectivity index (χ4v) is 2.27. The summed E-state index contributed by atoms with van der Waals surface area (Å²) in [6.45, 7) is 6.63. The summed E-state index contributed by atoms with van der Waals surface area (Å²) < 4.78 is 14.1. The van der Waals surface area contributed by atoms with Crippen LogP contribution in [0, 0.1) is 12.7 Å². The largest absolute Gasteiger partial charge is 0.350 e. The maximum Gasteiger partial charge on any atom is 0.300 e. The van der Waals surface area contributed by atoms with E-state index in [1.807, 2.05) is 0 Å². The Labute approximate surface area is 122 Å². The zero-order chi connectivity index (χ0) is 15.9. The lowest BCUT2D eigenvalue weighted by molar-refractivity contribution is -0.123. The summed E-state index contributed by atoms with van der Waals surface area (Å²) in [7, 11) is 0. The molecule has 0 aliphatic carbocycles. The van der Waals surface area contributed by atoms with Crippen LogP contribution >= 0.6 is 0 Å². The van der Waals surface area contributed by atoms with Crippen molar-refractivity contribution in [1.82, 2.24) is 5.32 Å². The summed E-state index contributed by atoms with van der Waals surface area (Å²) in [5.41, 5.74) is -0.0208. The van der Waals surface area contributed by atoms with Gasteiger partial charge in [-0.25, -0.2) is 4.39 Å². The lowest BCUT2D eigenvalue weighted by Gasteiger charge is -2.23. The lowest BCUT2D eigenvalue weighted by Crippen LogP contribution is -2.47. The van der Waals surface area contributed by atoms with Crippen molar-refractivity contribution in [2.75, 3.05) is 11.4 Å². The molecule has 1 heterocycles. The Balaban J connectivity index is 2.34. The van der Waals surface area contributed by atoms with Crippen LogP contribution in [-0.2, 0) is 9.59 Å². The zero-order valence-electron chi connectivity index (χ0n) is 12.4. The van der Waals surface area contributed by atoms with Crippen molar-refractivity contribution in [3.63, 3.8) is 0 Å². The van der Waals surface area contributed by atoms with Crippen molar-refractivity contribution in [2.45, 2.75) is 33.2 Å². The Hall–Kier alpha value is -2.24. The Morgan fingerprint density at radius 3 is 2.48 bits per heavy atom. The molecule has 5 nitrogen and oxygen atoms in total. The maximum atomic E-state index is 14.1. The molecule has 0 bridgehead atoms. The first kappa shape index (κ1) is 15.2. The average Bonchev–Trinajstić information content (AvgIpc) is 2.52. The first-order valence-corrected chi connectivity index (χ1v) is 6.57. The number of carbonyl (C=O) groups is 3. The van der Waals surface area contributed by atoms with Crippen molar-refractivity contribution < 1.29 is 18.8 Å². The van der Waals surface area contributed by atoms with Gasteiger partial charge in [0.2, 0.25) is 5.91 Å². The lowest BCUT2D eigenvalue weighted by atomic mass is 10.1. The quantitative estimate of drug-likeness (QED) is 0.842. The fraction of sp³-hybridized carbons (Fsp3) is 0.400.